The molecule has 1 atom stereocenters. The predicted molar refractivity (Wildman–Crippen MR) is 122 cm³/mol. The average Bonchev–Trinajstić information content (AvgIpc) is 3.16. The molecule has 1 aliphatic rings. The molecule has 0 spiro atoms. The molecule has 1 fully saturated rings. The van der Waals surface area contributed by atoms with E-state index in [9.17, 15) is 4.79 Å². The summed E-state index contributed by atoms with van der Waals surface area (Å²) in [6.45, 7) is 4.82. The van der Waals surface area contributed by atoms with Gasteiger partial charge in [0.05, 0.1) is 18.5 Å². The van der Waals surface area contributed by atoms with E-state index in [0.717, 1.165) is 35.4 Å². The Morgan fingerprint density at radius 1 is 1.25 bits per heavy atom. The van der Waals surface area contributed by atoms with Crippen LogP contribution in [0.5, 0.6) is 5.75 Å². The maximum atomic E-state index is 13.2. The van der Waals surface area contributed by atoms with Crippen LogP contribution >= 0.6 is 0 Å². The van der Waals surface area contributed by atoms with Crippen molar-refractivity contribution in [2.45, 2.75) is 32.6 Å². The highest BCUT2D eigenvalue weighted by Crippen LogP contribution is 2.35. The smallest absolute Gasteiger partial charge is 0.291 e. The van der Waals surface area contributed by atoms with Crippen LogP contribution < -0.4 is 9.64 Å². The molecule has 0 bridgehead atoms. The maximum Gasteiger partial charge on any atom is 0.291 e. The Labute approximate surface area is 188 Å². The normalized spacial score (nSPS) is 16.2. The summed E-state index contributed by atoms with van der Waals surface area (Å²) in [6.07, 6.45) is 3.71. The van der Waals surface area contributed by atoms with Crippen molar-refractivity contribution in [2.75, 3.05) is 39.2 Å². The van der Waals surface area contributed by atoms with Gasteiger partial charge in [-0.3, -0.25) is 4.79 Å². The zero-order valence-corrected chi connectivity index (χ0v) is 19.3. The monoisotopic (exact) mass is 435 g/mol. The summed E-state index contributed by atoms with van der Waals surface area (Å²) in [7, 11) is 5.51. The fourth-order valence-corrected chi connectivity index (χ4v) is 4.18. The standard InChI is InChI=1S/C24H29N5O3/c1-15-22(32-16(2)26-15)23(30)29-11-7-9-18(14-29)21-20(13-25-24(27-21)28(3)4)17-8-6-10-19(12-17)31-5/h6,8,10,12-13,18H,7,9,11,14H2,1-5H3. The highest BCUT2D eigenvalue weighted by atomic mass is 16.5. The van der Waals surface area contributed by atoms with Crippen LogP contribution in [0.1, 0.15) is 46.6 Å². The van der Waals surface area contributed by atoms with Crippen LogP contribution in [0.4, 0.5) is 5.95 Å². The van der Waals surface area contributed by atoms with Gasteiger partial charge in [-0.05, 0) is 37.5 Å². The molecule has 1 aliphatic heterocycles. The molecule has 8 heteroatoms. The van der Waals surface area contributed by atoms with E-state index < -0.39 is 0 Å². The number of likely N-dealkylation sites (tertiary alicyclic amines) is 1. The van der Waals surface area contributed by atoms with Crippen LogP contribution in [0, 0.1) is 13.8 Å². The zero-order chi connectivity index (χ0) is 22.8. The topological polar surface area (TPSA) is 84.6 Å². The Bertz CT molecular complexity index is 1120. The van der Waals surface area contributed by atoms with Crippen molar-refractivity contribution in [3.63, 3.8) is 0 Å². The number of benzene rings is 1. The van der Waals surface area contributed by atoms with E-state index in [0.29, 0.717) is 36.4 Å². The summed E-state index contributed by atoms with van der Waals surface area (Å²) in [5.74, 6) is 2.23. The second kappa shape index (κ2) is 8.98. The Morgan fingerprint density at radius 2 is 2.06 bits per heavy atom. The molecule has 8 nitrogen and oxygen atoms in total. The van der Waals surface area contributed by atoms with Gasteiger partial charge in [-0.2, -0.15) is 0 Å². The van der Waals surface area contributed by atoms with Crippen LogP contribution in [0.2, 0.25) is 0 Å². The molecular formula is C24H29N5O3. The van der Waals surface area contributed by atoms with Gasteiger partial charge in [0.1, 0.15) is 5.75 Å². The Balaban J connectivity index is 1.70. The second-order valence-corrected chi connectivity index (χ2v) is 8.33. The van der Waals surface area contributed by atoms with Crippen molar-refractivity contribution in [1.82, 2.24) is 19.9 Å². The summed E-state index contributed by atoms with van der Waals surface area (Å²) < 4.78 is 11.0. The molecule has 1 aromatic carbocycles. The number of hydrogen-bond donors (Lipinski definition) is 0. The summed E-state index contributed by atoms with van der Waals surface area (Å²) in [5, 5.41) is 0. The number of carbonyl (C=O) groups is 1. The number of hydrogen-bond acceptors (Lipinski definition) is 7. The van der Waals surface area contributed by atoms with Gasteiger partial charge in [-0.25, -0.2) is 15.0 Å². The molecule has 0 saturated carbocycles. The van der Waals surface area contributed by atoms with Gasteiger partial charge in [0.15, 0.2) is 5.89 Å². The Kier molecular flexibility index (Phi) is 6.12. The van der Waals surface area contributed by atoms with E-state index in [1.165, 1.54) is 0 Å². The largest absolute Gasteiger partial charge is 0.497 e. The third-order valence-electron chi connectivity index (χ3n) is 5.78. The summed E-state index contributed by atoms with van der Waals surface area (Å²) >= 11 is 0. The summed E-state index contributed by atoms with van der Waals surface area (Å²) in [6, 6.07) is 7.90. The number of aromatic nitrogens is 3. The lowest BCUT2D eigenvalue weighted by molar-refractivity contribution is 0.0671. The molecule has 4 rings (SSSR count). The third-order valence-corrected chi connectivity index (χ3v) is 5.78. The van der Waals surface area contributed by atoms with Crippen molar-refractivity contribution in [3.8, 4) is 16.9 Å². The zero-order valence-electron chi connectivity index (χ0n) is 19.3. The number of aryl methyl sites for hydroxylation is 2. The quantitative estimate of drug-likeness (QED) is 0.602. The number of amides is 1. The summed E-state index contributed by atoms with van der Waals surface area (Å²) in [4.78, 5) is 30.6. The molecular weight excluding hydrogens is 406 g/mol. The third kappa shape index (κ3) is 4.30. The van der Waals surface area contributed by atoms with Crippen LogP contribution in [0.15, 0.2) is 34.9 Å². The van der Waals surface area contributed by atoms with E-state index in [1.807, 2.05) is 54.4 Å². The van der Waals surface area contributed by atoms with E-state index in [2.05, 4.69) is 9.97 Å². The lowest BCUT2D eigenvalue weighted by Crippen LogP contribution is -2.39. The Morgan fingerprint density at radius 3 is 2.75 bits per heavy atom. The minimum Gasteiger partial charge on any atom is -0.497 e. The molecule has 1 unspecified atom stereocenters. The lowest BCUT2D eigenvalue weighted by Gasteiger charge is -2.33. The number of carbonyl (C=O) groups excluding carboxylic acids is 1. The highest BCUT2D eigenvalue weighted by molar-refractivity contribution is 5.92. The van der Waals surface area contributed by atoms with Crippen molar-refractivity contribution in [1.29, 1.82) is 0 Å². The number of rotatable bonds is 5. The van der Waals surface area contributed by atoms with E-state index >= 15 is 0 Å². The number of nitrogens with zero attached hydrogens (tertiary/aromatic N) is 5. The molecule has 2 aromatic heterocycles. The first-order valence-electron chi connectivity index (χ1n) is 10.8. The van der Waals surface area contributed by atoms with E-state index in [1.54, 1.807) is 21.0 Å². The van der Waals surface area contributed by atoms with Crippen molar-refractivity contribution >= 4 is 11.9 Å². The minimum absolute atomic E-state index is 0.0833. The fourth-order valence-electron chi connectivity index (χ4n) is 4.18. The van der Waals surface area contributed by atoms with Crippen LogP contribution in [-0.4, -0.2) is 60.1 Å². The number of oxazole rings is 1. The highest BCUT2D eigenvalue weighted by Gasteiger charge is 2.31. The van der Waals surface area contributed by atoms with Crippen LogP contribution in [0.25, 0.3) is 11.1 Å². The van der Waals surface area contributed by atoms with Crippen LogP contribution in [0.3, 0.4) is 0 Å². The van der Waals surface area contributed by atoms with Gasteiger partial charge >= 0.3 is 0 Å². The number of methoxy groups -OCH3 is 1. The number of ether oxygens (including phenoxy) is 1. The number of anilines is 1. The second-order valence-electron chi connectivity index (χ2n) is 8.33. The summed E-state index contributed by atoms with van der Waals surface area (Å²) in [5.41, 5.74) is 3.53. The molecule has 3 heterocycles. The molecule has 0 aliphatic carbocycles. The van der Waals surface area contributed by atoms with Gasteiger partial charge in [0.25, 0.3) is 5.91 Å². The average molecular weight is 436 g/mol. The van der Waals surface area contributed by atoms with Crippen molar-refractivity contribution < 1.29 is 13.9 Å². The number of piperidine rings is 1. The molecule has 0 N–H and O–H groups in total. The Hall–Kier alpha value is -3.42. The molecule has 3 aromatic rings. The van der Waals surface area contributed by atoms with Crippen LogP contribution in [-0.2, 0) is 0 Å². The molecule has 0 radical (unpaired) electrons. The first-order chi connectivity index (χ1) is 15.4. The van der Waals surface area contributed by atoms with E-state index in [-0.39, 0.29) is 11.8 Å². The lowest BCUT2D eigenvalue weighted by atomic mass is 9.89. The maximum absolute atomic E-state index is 13.2. The van der Waals surface area contributed by atoms with Gasteiger partial charge in [0.2, 0.25) is 11.7 Å². The van der Waals surface area contributed by atoms with E-state index in [4.69, 9.17) is 14.1 Å². The first kappa shape index (κ1) is 21.8. The minimum atomic E-state index is -0.113. The van der Waals surface area contributed by atoms with Crippen molar-refractivity contribution in [2.24, 2.45) is 0 Å². The molecule has 1 saturated heterocycles. The van der Waals surface area contributed by atoms with Crippen molar-refractivity contribution in [3.05, 3.63) is 53.5 Å². The van der Waals surface area contributed by atoms with Gasteiger partial charge in [-0.15, -0.1) is 0 Å². The van der Waals surface area contributed by atoms with Gasteiger partial charge in [0, 0.05) is 51.8 Å². The first-order valence-corrected chi connectivity index (χ1v) is 10.8. The van der Waals surface area contributed by atoms with Gasteiger partial charge in [-0.1, -0.05) is 12.1 Å². The molecule has 168 valence electrons. The van der Waals surface area contributed by atoms with Gasteiger partial charge < -0.3 is 19.0 Å². The predicted octanol–water partition coefficient (Wildman–Crippen LogP) is 3.84. The molecule has 32 heavy (non-hydrogen) atoms. The SMILES string of the molecule is COc1cccc(-c2cnc(N(C)C)nc2C2CCCN(C(=O)c3oc(C)nc3C)C2)c1. The molecule has 1 amide bonds. The fraction of sp³-hybridized carbons (Fsp3) is 0.417.